The van der Waals surface area contributed by atoms with E-state index in [1.54, 1.807) is 47.3 Å². The number of benzene rings is 3. The van der Waals surface area contributed by atoms with Crippen molar-refractivity contribution in [1.29, 1.82) is 0 Å². The van der Waals surface area contributed by atoms with Gasteiger partial charge < -0.3 is 17.0 Å². The molecule has 0 aliphatic rings. The molecule has 4 aromatic rings. The van der Waals surface area contributed by atoms with Gasteiger partial charge in [0.05, 0.1) is 4.92 Å². The van der Waals surface area contributed by atoms with Gasteiger partial charge in [0.15, 0.2) is 12.4 Å². The van der Waals surface area contributed by atoms with E-state index in [0.717, 1.165) is 15.2 Å². The number of nitro benzene ring substituents is 1. The monoisotopic (exact) mass is 514 g/mol. The maximum atomic E-state index is 12.5. The van der Waals surface area contributed by atoms with Gasteiger partial charge in [0, 0.05) is 37.9 Å². The van der Waals surface area contributed by atoms with E-state index in [9.17, 15) is 14.9 Å². The van der Waals surface area contributed by atoms with Gasteiger partial charge in [0.25, 0.3) is 5.69 Å². The van der Waals surface area contributed by atoms with Crippen molar-refractivity contribution in [2.24, 2.45) is 0 Å². The quantitative estimate of drug-likeness (QED) is 0.171. The van der Waals surface area contributed by atoms with Crippen LogP contribution in [0.2, 0.25) is 5.02 Å². The van der Waals surface area contributed by atoms with Crippen molar-refractivity contribution in [3.05, 3.63) is 106 Å². The predicted molar refractivity (Wildman–Crippen MR) is 117 cm³/mol. The van der Waals surface area contributed by atoms with Crippen LogP contribution in [0.15, 0.2) is 95.0 Å². The number of ketones is 1. The van der Waals surface area contributed by atoms with Gasteiger partial charge in [0.1, 0.15) is 5.39 Å². The standard InChI is InChI=1S/C23H16ClN2O3S.BrH/c24-17-6-8-18(9-7-17)30-23-11-10-21(26(28)29)20-14-25(13-12-19(20)23)15-22(27)16-4-2-1-3-5-16;/h1-14H,15H2;1H/q+1;/p-1. The van der Waals surface area contributed by atoms with Gasteiger partial charge in [0.2, 0.25) is 12.3 Å². The lowest BCUT2D eigenvalue weighted by molar-refractivity contribution is -0.681. The number of pyridine rings is 1. The lowest BCUT2D eigenvalue weighted by atomic mass is 10.1. The van der Waals surface area contributed by atoms with E-state index < -0.39 is 4.92 Å². The van der Waals surface area contributed by atoms with Crippen LogP contribution in [0.4, 0.5) is 5.69 Å². The molecule has 0 aliphatic carbocycles. The molecular formula is C23H16BrClN2O3S. The fourth-order valence-corrected chi connectivity index (χ4v) is 4.23. The molecule has 0 fully saturated rings. The van der Waals surface area contributed by atoms with Crippen LogP contribution < -0.4 is 21.5 Å². The number of aromatic nitrogens is 1. The minimum atomic E-state index is -0.400. The van der Waals surface area contributed by atoms with Gasteiger partial charge in [-0.15, -0.1) is 0 Å². The number of non-ortho nitro benzene ring substituents is 1. The zero-order chi connectivity index (χ0) is 21.1. The molecule has 1 aromatic heterocycles. The summed E-state index contributed by atoms with van der Waals surface area (Å²) in [7, 11) is 0. The van der Waals surface area contributed by atoms with Crippen LogP contribution in [0.3, 0.4) is 0 Å². The molecule has 0 N–H and O–H groups in total. The largest absolute Gasteiger partial charge is 1.00 e. The summed E-state index contributed by atoms with van der Waals surface area (Å²) in [5.41, 5.74) is 0.610. The molecule has 5 nitrogen and oxygen atoms in total. The highest BCUT2D eigenvalue weighted by molar-refractivity contribution is 7.99. The summed E-state index contributed by atoms with van der Waals surface area (Å²) in [4.78, 5) is 25.6. The number of nitro groups is 1. The van der Waals surface area contributed by atoms with E-state index in [2.05, 4.69) is 0 Å². The Morgan fingerprint density at radius 1 is 0.968 bits per heavy atom. The highest BCUT2D eigenvalue weighted by Gasteiger charge is 2.20. The molecule has 0 amide bonds. The number of halogens is 2. The maximum absolute atomic E-state index is 12.5. The fourth-order valence-electron chi connectivity index (χ4n) is 3.15. The van der Waals surface area contributed by atoms with Gasteiger partial charge in [-0.25, -0.2) is 0 Å². The van der Waals surface area contributed by atoms with Crippen molar-refractivity contribution >= 4 is 45.6 Å². The van der Waals surface area contributed by atoms with Crippen molar-refractivity contribution in [1.82, 2.24) is 0 Å². The molecule has 0 saturated heterocycles. The van der Waals surface area contributed by atoms with Crippen molar-refractivity contribution < 1.29 is 31.3 Å². The first-order valence-electron chi connectivity index (χ1n) is 9.13. The summed E-state index contributed by atoms with van der Waals surface area (Å²) in [6, 6.07) is 21.5. The molecule has 8 heteroatoms. The minimum absolute atomic E-state index is 0. The third-order valence-corrected chi connectivity index (χ3v) is 5.95. The molecule has 0 saturated carbocycles. The highest BCUT2D eigenvalue weighted by Crippen LogP contribution is 2.37. The SMILES string of the molecule is O=C(C[n+]1ccc2c(Sc3ccc(Cl)cc3)ccc([N+](=O)[O-])c2c1)c1ccccc1.[Br-]. The number of hydrogen-bond donors (Lipinski definition) is 0. The lowest BCUT2D eigenvalue weighted by Crippen LogP contribution is -3.00. The summed E-state index contributed by atoms with van der Waals surface area (Å²) in [5, 5.41) is 13.5. The van der Waals surface area contributed by atoms with Gasteiger partial charge in [-0.3, -0.25) is 14.9 Å². The summed E-state index contributed by atoms with van der Waals surface area (Å²) in [6.07, 6.45) is 3.44. The Kier molecular flexibility index (Phi) is 7.43. The number of carbonyl (C=O) groups excluding carboxylic acids is 1. The zero-order valence-electron chi connectivity index (χ0n) is 16.1. The van der Waals surface area contributed by atoms with Crippen molar-refractivity contribution in [3.63, 3.8) is 0 Å². The molecule has 156 valence electrons. The first-order chi connectivity index (χ1) is 14.5. The summed E-state index contributed by atoms with van der Waals surface area (Å²) < 4.78 is 1.68. The van der Waals surface area contributed by atoms with E-state index in [1.165, 1.54) is 17.8 Å². The van der Waals surface area contributed by atoms with E-state index in [-0.39, 0.29) is 35.0 Å². The van der Waals surface area contributed by atoms with Crippen LogP contribution in [-0.2, 0) is 6.54 Å². The molecule has 0 bridgehead atoms. The van der Waals surface area contributed by atoms with E-state index in [0.29, 0.717) is 16.0 Å². The normalized spacial score (nSPS) is 10.5. The Bertz CT molecular complexity index is 1250. The van der Waals surface area contributed by atoms with Gasteiger partial charge in [-0.1, -0.05) is 53.7 Å². The van der Waals surface area contributed by atoms with Crippen LogP contribution in [0.25, 0.3) is 10.8 Å². The number of Topliss-reactive ketones (excluding diaryl/α,β-unsaturated/α-hetero) is 1. The first kappa shape index (κ1) is 22.9. The number of carbonyl (C=O) groups is 1. The first-order valence-corrected chi connectivity index (χ1v) is 10.3. The molecule has 0 spiro atoms. The Morgan fingerprint density at radius 3 is 2.35 bits per heavy atom. The molecule has 1 heterocycles. The topological polar surface area (TPSA) is 64.1 Å². The van der Waals surface area contributed by atoms with Gasteiger partial charge in [-0.2, -0.15) is 4.57 Å². The van der Waals surface area contributed by atoms with Gasteiger partial charge in [-0.05, 0) is 30.3 Å². The Labute approximate surface area is 198 Å². The smallest absolute Gasteiger partial charge is 0.283 e. The Hall–Kier alpha value is -2.74. The fraction of sp³-hybridized carbons (Fsp3) is 0.0435. The average Bonchev–Trinajstić information content (AvgIpc) is 2.75. The zero-order valence-corrected chi connectivity index (χ0v) is 19.2. The molecule has 0 atom stereocenters. The molecule has 3 aromatic carbocycles. The summed E-state index contributed by atoms with van der Waals surface area (Å²) in [5.74, 6) is -0.0608. The summed E-state index contributed by atoms with van der Waals surface area (Å²) >= 11 is 7.46. The third-order valence-electron chi connectivity index (χ3n) is 4.61. The van der Waals surface area contributed by atoms with Gasteiger partial charge >= 0.3 is 0 Å². The number of rotatable bonds is 6. The van der Waals surface area contributed by atoms with Crippen LogP contribution in [0.5, 0.6) is 0 Å². The van der Waals surface area contributed by atoms with Crippen LogP contribution in [0, 0.1) is 10.1 Å². The Balaban J connectivity index is 0.00000272. The van der Waals surface area contributed by atoms with Crippen LogP contribution in [0.1, 0.15) is 10.4 Å². The van der Waals surface area contributed by atoms with E-state index in [4.69, 9.17) is 11.6 Å². The lowest BCUT2D eigenvalue weighted by Gasteiger charge is -2.07. The highest BCUT2D eigenvalue weighted by atomic mass is 79.9. The molecule has 4 rings (SSSR count). The van der Waals surface area contributed by atoms with E-state index in [1.807, 2.05) is 36.4 Å². The minimum Gasteiger partial charge on any atom is -1.00 e. The number of nitrogens with zero attached hydrogens (tertiary/aromatic N) is 2. The van der Waals surface area contributed by atoms with Crippen LogP contribution >= 0.6 is 23.4 Å². The molecule has 0 radical (unpaired) electrons. The van der Waals surface area contributed by atoms with Crippen molar-refractivity contribution in [3.8, 4) is 0 Å². The number of hydrogen-bond acceptors (Lipinski definition) is 4. The molecule has 0 aliphatic heterocycles. The predicted octanol–water partition coefficient (Wildman–Crippen LogP) is 2.73. The second kappa shape index (κ2) is 10.0. The molecule has 0 unspecified atom stereocenters. The second-order valence-electron chi connectivity index (χ2n) is 6.63. The molecular weight excluding hydrogens is 500 g/mol. The average molecular weight is 516 g/mol. The van der Waals surface area contributed by atoms with E-state index >= 15 is 0 Å². The van der Waals surface area contributed by atoms with Crippen LogP contribution in [-0.4, -0.2) is 10.7 Å². The maximum Gasteiger partial charge on any atom is 0.283 e. The number of fused-ring (bicyclic) bond motifs is 1. The molecule has 31 heavy (non-hydrogen) atoms. The summed E-state index contributed by atoms with van der Waals surface area (Å²) in [6.45, 7) is 0.103. The third kappa shape index (κ3) is 5.31. The van der Waals surface area contributed by atoms with Crippen molar-refractivity contribution in [2.75, 3.05) is 0 Å². The Morgan fingerprint density at radius 2 is 1.68 bits per heavy atom. The second-order valence-corrected chi connectivity index (χ2v) is 8.18. The van der Waals surface area contributed by atoms with Crippen molar-refractivity contribution in [2.45, 2.75) is 16.3 Å².